The Morgan fingerprint density at radius 3 is 2.65 bits per heavy atom. The van der Waals surface area contributed by atoms with E-state index >= 15 is 0 Å². The van der Waals surface area contributed by atoms with E-state index in [0.29, 0.717) is 36.8 Å². The highest BCUT2D eigenvalue weighted by Gasteiger charge is 2.33. The number of hydrogen-bond donors (Lipinski definition) is 0. The Bertz CT molecular complexity index is 1380. The molecule has 3 aromatic rings. The largest absolute Gasteiger partial charge is 0.444 e. The van der Waals surface area contributed by atoms with E-state index in [1.54, 1.807) is 14.3 Å². The first-order valence-electron chi connectivity index (χ1n) is 12.5. The number of likely N-dealkylation sites (tertiary alicyclic amines) is 1. The number of amides is 2. The van der Waals surface area contributed by atoms with E-state index in [0.717, 1.165) is 40.3 Å². The Balaban J connectivity index is 1.25. The zero-order valence-electron chi connectivity index (χ0n) is 21.9. The van der Waals surface area contributed by atoms with Crippen molar-refractivity contribution in [2.24, 2.45) is 0 Å². The standard InChI is InChI=1S/C27H32ClN5O4/c1-16-23(28)17(2)33-24(29-16)21-13-32(14-22(21)30-33)25(34)20-9-7-6-8-18(20)15-36-19-10-11-31(12-19)26(35)37-27(3,4)5/h6-9,19H,10-15H2,1-5H3/t19-/m0/s1. The molecule has 0 N–H and O–H groups in total. The first kappa shape index (κ1) is 25.5. The van der Waals surface area contributed by atoms with Crippen LogP contribution in [0.15, 0.2) is 24.3 Å². The second-order valence-electron chi connectivity index (χ2n) is 10.7. The van der Waals surface area contributed by atoms with Gasteiger partial charge in [-0.2, -0.15) is 5.10 Å². The zero-order chi connectivity index (χ0) is 26.5. The molecule has 0 radical (unpaired) electrons. The summed E-state index contributed by atoms with van der Waals surface area (Å²) in [5, 5.41) is 5.29. The number of rotatable bonds is 4. The normalized spacial score (nSPS) is 17.5. The lowest BCUT2D eigenvalue weighted by molar-refractivity contribution is 0.0183. The first-order valence-corrected chi connectivity index (χ1v) is 12.9. The second-order valence-corrected chi connectivity index (χ2v) is 11.1. The van der Waals surface area contributed by atoms with E-state index in [2.05, 4.69) is 10.1 Å². The maximum absolute atomic E-state index is 13.6. The van der Waals surface area contributed by atoms with E-state index < -0.39 is 5.60 Å². The minimum absolute atomic E-state index is 0.0699. The maximum Gasteiger partial charge on any atom is 0.410 e. The summed E-state index contributed by atoms with van der Waals surface area (Å²) in [5.41, 5.74) is 5.03. The highest BCUT2D eigenvalue weighted by molar-refractivity contribution is 6.31. The maximum atomic E-state index is 13.6. The molecule has 0 spiro atoms. The molecule has 37 heavy (non-hydrogen) atoms. The number of carbonyl (C=O) groups excluding carboxylic acids is 2. The third-order valence-electron chi connectivity index (χ3n) is 6.76. The molecule has 4 heterocycles. The van der Waals surface area contributed by atoms with Crippen molar-refractivity contribution in [2.45, 2.75) is 72.4 Å². The van der Waals surface area contributed by atoms with Crippen LogP contribution in [0.25, 0.3) is 5.65 Å². The molecule has 2 amide bonds. The van der Waals surface area contributed by atoms with Gasteiger partial charge >= 0.3 is 6.09 Å². The number of carbonyl (C=O) groups is 2. The fourth-order valence-corrected chi connectivity index (χ4v) is 4.97. The lowest BCUT2D eigenvalue weighted by atomic mass is 10.1. The van der Waals surface area contributed by atoms with Crippen LogP contribution in [0.2, 0.25) is 5.02 Å². The third-order valence-corrected chi connectivity index (χ3v) is 7.31. The molecule has 5 rings (SSSR count). The van der Waals surface area contributed by atoms with Crippen LogP contribution in [0.3, 0.4) is 0 Å². The molecule has 2 aliphatic heterocycles. The highest BCUT2D eigenvalue weighted by atomic mass is 35.5. The van der Waals surface area contributed by atoms with Crippen LogP contribution < -0.4 is 0 Å². The van der Waals surface area contributed by atoms with Gasteiger partial charge in [0.1, 0.15) is 5.60 Å². The number of fused-ring (bicyclic) bond motifs is 3. The summed E-state index contributed by atoms with van der Waals surface area (Å²) in [6.45, 7) is 11.6. The van der Waals surface area contributed by atoms with Crippen molar-refractivity contribution in [1.29, 1.82) is 0 Å². The van der Waals surface area contributed by atoms with Crippen LogP contribution in [0.4, 0.5) is 4.79 Å². The lowest BCUT2D eigenvalue weighted by Crippen LogP contribution is -2.36. The number of hydrogen-bond acceptors (Lipinski definition) is 6. The van der Waals surface area contributed by atoms with Gasteiger partial charge in [0.2, 0.25) is 0 Å². The highest BCUT2D eigenvalue weighted by Crippen LogP contribution is 2.30. The molecule has 0 saturated carbocycles. The van der Waals surface area contributed by atoms with Gasteiger partial charge in [-0.1, -0.05) is 29.8 Å². The number of aromatic nitrogens is 3. The van der Waals surface area contributed by atoms with Crippen molar-refractivity contribution in [2.75, 3.05) is 13.1 Å². The van der Waals surface area contributed by atoms with Gasteiger partial charge in [0.15, 0.2) is 5.65 Å². The van der Waals surface area contributed by atoms with Crippen molar-refractivity contribution in [3.05, 3.63) is 63.1 Å². The molecule has 2 aliphatic rings. The van der Waals surface area contributed by atoms with Crippen LogP contribution in [0.1, 0.15) is 65.8 Å². The Labute approximate surface area is 221 Å². The topological polar surface area (TPSA) is 89.3 Å². The molecule has 1 atom stereocenters. The molecule has 0 bridgehead atoms. The van der Waals surface area contributed by atoms with Gasteiger partial charge in [-0.25, -0.2) is 14.3 Å². The average Bonchev–Trinajstić information content (AvgIpc) is 3.56. The summed E-state index contributed by atoms with van der Waals surface area (Å²) in [4.78, 5) is 34.0. The molecule has 9 nitrogen and oxygen atoms in total. The van der Waals surface area contributed by atoms with Gasteiger partial charge in [-0.05, 0) is 52.7 Å². The smallest absolute Gasteiger partial charge is 0.410 e. The van der Waals surface area contributed by atoms with E-state index in [4.69, 9.17) is 21.1 Å². The fourth-order valence-electron chi connectivity index (χ4n) is 4.85. The Hall–Kier alpha value is -3.17. The van der Waals surface area contributed by atoms with Crippen LogP contribution in [0.5, 0.6) is 0 Å². The molecular weight excluding hydrogens is 494 g/mol. The summed E-state index contributed by atoms with van der Waals surface area (Å²) >= 11 is 6.36. The van der Waals surface area contributed by atoms with Gasteiger partial charge in [-0.3, -0.25) is 4.79 Å². The van der Waals surface area contributed by atoms with Crippen molar-refractivity contribution in [1.82, 2.24) is 24.4 Å². The predicted octanol–water partition coefficient (Wildman–Crippen LogP) is 4.68. The second kappa shape index (κ2) is 9.61. The van der Waals surface area contributed by atoms with Crippen LogP contribution in [-0.2, 0) is 29.2 Å². The minimum Gasteiger partial charge on any atom is -0.444 e. The summed E-state index contributed by atoms with van der Waals surface area (Å²) in [6.07, 6.45) is 0.299. The Kier molecular flexibility index (Phi) is 6.62. The first-order chi connectivity index (χ1) is 17.5. The van der Waals surface area contributed by atoms with Gasteiger partial charge in [0.25, 0.3) is 5.91 Å². The molecule has 1 fully saturated rings. The van der Waals surface area contributed by atoms with Crippen molar-refractivity contribution >= 4 is 29.2 Å². The Morgan fingerprint density at radius 1 is 1.14 bits per heavy atom. The monoisotopic (exact) mass is 525 g/mol. The van der Waals surface area contributed by atoms with Crippen LogP contribution in [0, 0.1) is 13.8 Å². The van der Waals surface area contributed by atoms with Gasteiger partial charge in [0, 0.05) is 17.7 Å². The average molecular weight is 526 g/mol. The number of aryl methyl sites for hydroxylation is 2. The molecule has 0 unspecified atom stereocenters. The lowest BCUT2D eigenvalue weighted by Gasteiger charge is -2.24. The van der Waals surface area contributed by atoms with Crippen LogP contribution in [-0.4, -0.2) is 61.2 Å². The third kappa shape index (κ3) is 5.02. The number of ether oxygens (including phenoxy) is 2. The molecule has 2 aromatic heterocycles. The van der Waals surface area contributed by atoms with Gasteiger partial charge in [0.05, 0.1) is 54.4 Å². The van der Waals surface area contributed by atoms with Gasteiger partial charge in [-0.15, -0.1) is 0 Å². The predicted molar refractivity (Wildman–Crippen MR) is 138 cm³/mol. The number of benzene rings is 1. The molecule has 0 aliphatic carbocycles. The molecule has 10 heteroatoms. The fraction of sp³-hybridized carbons (Fsp3) is 0.481. The van der Waals surface area contributed by atoms with Gasteiger partial charge < -0.3 is 19.3 Å². The van der Waals surface area contributed by atoms with E-state index in [9.17, 15) is 9.59 Å². The van der Waals surface area contributed by atoms with E-state index in [1.165, 1.54) is 0 Å². The summed E-state index contributed by atoms with van der Waals surface area (Å²) in [6, 6.07) is 7.51. The Morgan fingerprint density at radius 2 is 1.89 bits per heavy atom. The molecular formula is C27H32ClN5O4. The summed E-state index contributed by atoms with van der Waals surface area (Å²) < 4.78 is 13.4. The quantitative estimate of drug-likeness (QED) is 0.491. The van der Waals surface area contributed by atoms with E-state index in [-0.39, 0.29) is 24.7 Å². The van der Waals surface area contributed by atoms with Crippen molar-refractivity contribution < 1.29 is 19.1 Å². The van der Waals surface area contributed by atoms with Crippen LogP contribution >= 0.6 is 11.6 Å². The van der Waals surface area contributed by atoms with Crippen molar-refractivity contribution in [3.63, 3.8) is 0 Å². The SMILES string of the molecule is Cc1nc2c3c(nn2c(C)c1Cl)CN(C(=O)c1ccccc1CO[C@H]1CCN(C(=O)OC(C)(C)C)C1)C3. The molecule has 1 aromatic carbocycles. The summed E-state index contributed by atoms with van der Waals surface area (Å²) in [5.74, 6) is -0.0699. The number of nitrogens with zero attached hydrogens (tertiary/aromatic N) is 5. The van der Waals surface area contributed by atoms with E-state index in [1.807, 2.05) is 58.9 Å². The minimum atomic E-state index is -0.533. The molecule has 1 saturated heterocycles. The number of halogens is 1. The molecule has 196 valence electrons. The summed E-state index contributed by atoms with van der Waals surface area (Å²) in [7, 11) is 0. The zero-order valence-corrected chi connectivity index (χ0v) is 22.6. The van der Waals surface area contributed by atoms with Crippen molar-refractivity contribution in [3.8, 4) is 0 Å².